The molecule has 2 saturated heterocycles. The van der Waals surface area contributed by atoms with E-state index in [0.717, 1.165) is 4.90 Å². The lowest BCUT2D eigenvalue weighted by atomic mass is 9.49. The highest BCUT2D eigenvalue weighted by Gasteiger charge is 3.01. The number of aliphatic hydroxyl groups is 6. The Morgan fingerprint density at radius 1 is 1.29 bits per heavy atom. The van der Waals surface area contributed by atoms with E-state index in [4.69, 9.17) is 15.9 Å². The molecule has 7 unspecified atom stereocenters. The van der Waals surface area contributed by atoms with E-state index in [1.807, 2.05) is 0 Å². The van der Waals surface area contributed by atoms with Crippen molar-refractivity contribution in [3.63, 3.8) is 0 Å². The average Bonchev–Trinajstić information content (AvgIpc) is 3.08. The molecule has 0 spiro atoms. The number of nitrogens with one attached hydrogen (secondary N) is 3. The van der Waals surface area contributed by atoms with Crippen LogP contribution in [0.3, 0.4) is 0 Å². The van der Waals surface area contributed by atoms with Crippen LogP contribution in [0.1, 0.15) is 27.7 Å². The largest absolute Gasteiger partial charge is 0.394 e. The predicted octanol–water partition coefficient (Wildman–Crippen LogP) is -5.17. The Kier molecular flexibility index (Phi) is 5.47. The van der Waals surface area contributed by atoms with E-state index in [0.29, 0.717) is 0 Å². The highest BCUT2D eigenvalue weighted by atomic mass is 16.6. The van der Waals surface area contributed by atoms with E-state index < -0.39 is 82.8 Å². The molecule has 9 atom stereocenters. The first-order valence-corrected chi connectivity index (χ1v) is 11.3. The summed E-state index contributed by atoms with van der Waals surface area (Å²) >= 11 is 0. The van der Waals surface area contributed by atoms with Gasteiger partial charge in [0.1, 0.15) is 41.2 Å². The summed E-state index contributed by atoms with van der Waals surface area (Å²) in [5, 5.41) is 79.2. The van der Waals surface area contributed by atoms with Crippen molar-refractivity contribution in [2.75, 3.05) is 19.8 Å². The summed E-state index contributed by atoms with van der Waals surface area (Å²) in [4.78, 5) is 26.8. The Bertz CT molecular complexity index is 963. The van der Waals surface area contributed by atoms with Crippen molar-refractivity contribution in [2.45, 2.75) is 80.6 Å². The zero-order chi connectivity index (χ0) is 26.6. The van der Waals surface area contributed by atoms with Gasteiger partial charge in [0, 0.05) is 10.8 Å². The fourth-order valence-electron chi connectivity index (χ4n) is 6.73. The third-order valence-corrected chi connectivity index (χ3v) is 9.11. The second-order valence-electron chi connectivity index (χ2n) is 11.1. The summed E-state index contributed by atoms with van der Waals surface area (Å²) < 4.78 is 5.94. The maximum atomic E-state index is 13.3. The van der Waals surface area contributed by atoms with E-state index in [1.165, 1.54) is 27.7 Å². The first-order valence-electron chi connectivity index (χ1n) is 11.3. The molecule has 0 aromatic carbocycles. The van der Waals surface area contributed by atoms with Crippen LogP contribution in [0.2, 0.25) is 0 Å². The van der Waals surface area contributed by atoms with Crippen LogP contribution in [0.5, 0.6) is 0 Å². The van der Waals surface area contributed by atoms with Crippen molar-refractivity contribution in [3.8, 4) is 0 Å². The van der Waals surface area contributed by atoms with E-state index in [1.54, 1.807) is 6.29 Å². The highest BCUT2D eigenvalue weighted by molar-refractivity contribution is 5.89. The van der Waals surface area contributed by atoms with Crippen LogP contribution >= 0.6 is 0 Å². The maximum absolute atomic E-state index is 13.3. The monoisotopic (exact) mass is 500 g/mol. The molecule has 11 N–H and O–H groups in total. The Hall–Kier alpha value is -1.91. The number of aliphatic hydroxyl groups excluding tert-OH is 3. The molecule has 2 saturated carbocycles. The Labute approximate surface area is 201 Å². The molecule has 1 amide bonds. The van der Waals surface area contributed by atoms with Crippen molar-refractivity contribution in [2.24, 2.45) is 16.6 Å². The molecule has 2 heterocycles. The van der Waals surface area contributed by atoms with E-state index >= 15 is 0 Å². The molecule has 14 heteroatoms. The van der Waals surface area contributed by atoms with Gasteiger partial charge in [-0.1, -0.05) is 27.7 Å². The van der Waals surface area contributed by atoms with E-state index in [-0.39, 0.29) is 12.5 Å². The minimum Gasteiger partial charge on any atom is -0.394 e. The zero-order valence-electron chi connectivity index (χ0n) is 19.9. The number of fused-ring (bicyclic) bond motifs is 3. The molecule has 35 heavy (non-hydrogen) atoms. The smallest absolute Gasteiger partial charge is 0.244 e. The Morgan fingerprint density at radius 2 is 1.89 bits per heavy atom. The first kappa shape index (κ1) is 26.2. The molecule has 2 aliphatic carbocycles. The summed E-state index contributed by atoms with van der Waals surface area (Å²) in [6.45, 7) is 3.72. The molecule has 4 rings (SSSR count). The number of nitrogens with two attached hydrogens (primary N) is 1. The van der Waals surface area contributed by atoms with Crippen molar-refractivity contribution >= 4 is 18.2 Å². The minimum atomic E-state index is -2.54. The summed E-state index contributed by atoms with van der Waals surface area (Å²) in [5.74, 6) is -1.25. The molecular formula is C21H34N5O9. The maximum Gasteiger partial charge on any atom is 0.244 e. The van der Waals surface area contributed by atoms with Gasteiger partial charge in [0.2, 0.25) is 12.2 Å². The molecule has 4 fully saturated rings. The average molecular weight is 501 g/mol. The lowest BCUT2D eigenvalue weighted by molar-refractivity contribution is -0.402. The van der Waals surface area contributed by atoms with Crippen LogP contribution in [0, 0.1) is 16.2 Å². The number of hydrogen-bond donors (Lipinski definition) is 10. The van der Waals surface area contributed by atoms with Gasteiger partial charge in [0.25, 0.3) is 0 Å². The number of rotatable bonds is 7. The zero-order valence-corrected chi connectivity index (χ0v) is 19.9. The van der Waals surface area contributed by atoms with Crippen LogP contribution in [-0.2, 0) is 14.3 Å². The summed E-state index contributed by atoms with van der Waals surface area (Å²) in [7, 11) is 0. The van der Waals surface area contributed by atoms with Crippen LogP contribution in [0.25, 0.3) is 0 Å². The lowest BCUT2D eigenvalue weighted by Crippen LogP contribution is -2.87. The van der Waals surface area contributed by atoms with Crippen molar-refractivity contribution in [1.82, 2.24) is 15.5 Å². The second-order valence-corrected chi connectivity index (χ2v) is 11.1. The molecule has 0 bridgehead atoms. The number of carbonyl (C=O) groups is 1. The van der Waals surface area contributed by atoms with Crippen molar-refractivity contribution < 1.29 is 45.0 Å². The Balaban J connectivity index is 1.90. The standard InChI is InChI=1S/C21H34N5O9/c1-16(2)11(30)12-19(16,32)21(34)17(3,4)20(21,33)14(35-12)18(7-28,8-29)26(13(31)9(22)6-27)10-5-24-15(23)25-10/h9-12,14,27-28,30,32-34H,5-7,22H2,1-4H3,(H3,23,24,25)/t9-,10?,11?,12?,14?,18-,19?,20?,21?/m0/s1. The molecule has 14 nitrogen and oxygen atoms in total. The minimum absolute atomic E-state index is 0.117. The molecular weight excluding hydrogens is 466 g/mol. The SMILES string of the molecule is CC1(C)C(O)C2OC([C@@]([C]=O)(CO)N(C(=O)[C@@H](N)CO)C3CNC(=N)N3)C3(O)C(C)(C)C3(O)C21O. The first-order chi connectivity index (χ1) is 16.0. The summed E-state index contributed by atoms with van der Waals surface area (Å²) in [6.07, 6.45) is -4.31. The number of guanidine groups is 1. The predicted molar refractivity (Wildman–Crippen MR) is 117 cm³/mol. The lowest BCUT2D eigenvalue weighted by Gasteiger charge is -2.67. The third-order valence-electron chi connectivity index (χ3n) is 9.11. The van der Waals surface area contributed by atoms with Crippen molar-refractivity contribution in [3.05, 3.63) is 0 Å². The molecule has 0 aromatic rings. The van der Waals surface area contributed by atoms with Crippen LogP contribution in [0.15, 0.2) is 0 Å². The fraction of sp³-hybridized carbons (Fsp3) is 0.857. The number of hydrogen-bond acceptors (Lipinski definition) is 11. The third kappa shape index (κ3) is 2.49. The molecule has 4 aliphatic rings. The number of amides is 1. The van der Waals surface area contributed by atoms with Crippen LogP contribution in [-0.4, -0.2) is 126 Å². The van der Waals surface area contributed by atoms with Crippen molar-refractivity contribution in [1.29, 1.82) is 5.41 Å². The highest BCUT2D eigenvalue weighted by Crippen LogP contribution is 2.80. The van der Waals surface area contributed by atoms with Gasteiger partial charge in [-0.2, -0.15) is 0 Å². The Morgan fingerprint density at radius 3 is 2.34 bits per heavy atom. The van der Waals surface area contributed by atoms with Crippen LogP contribution in [0.4, 0.5) is 0 Å². The van der Waals surface area contributed by atoms with E-state index in [2.05, 4.69) is 10.6 Å². The van der Waals surface area contributed by atoms with E-state index in [9.17, 15) is 40.2 Å². The summed E-state index contributed by atoms with van der Waals surface area (Å²) in [6, 6.07) is -1.56. The van der Waals surface area contributed by atoms with Crippen LogP contribution < -0.4 is 16.4 Å². The number of carbonyl (C=O) groups excluding carboxylic acids is 2. The second kappa shape index (κ2) is 7.32. The van der Waals surface area contributed by atoms with Gasteiger partial charge < -0.3 is 56.6 Å². The normalized spacial score (nSPS) is 44.9. The van der Waals surface area contributed by atoms with Gasteiger partial charge in [-0.3, -0.25) is 15.0 Å². The fourth-order valence-corrected chi connectivity index (χ4v) is 6.73. The van der Waals surface area contributed by atoms with Gasteiger partial charge in [0.15, 0.2) is 11.5 Å². The quantitative estimate of drug-likeness (QED) is 0.158. The summed E-state index contributed by atoms with van der Waals surface area (Å²) in [5.41, 5.74) is -6.54. The molecule has 2 aliphatic heterocycles. The van der Waals surface area contributed by atoms with Gasteiger partial charge in [-0.25, -0.2) is 0 Å². The van der Waals surface area contributed by atoms with Gasteiger partial charge in [-0.05, 0) is 0 Å². The topological polar surface area (TPSA) is 242 Å². The number of nitrogens with zero attached hydrogens (tertiary/aromatic N) is 1. The molecule has 1 radical (unpaired) electrons. The molecule has 0 aromatic heterocycles. The van der Waals surface area contributed by atoms with Gasteiger partial charge >= 0.3 is 0 Å². The molecule has 197 valence electrons. The van der Waals surface area contributed by atoms with Gasteiger partial charge in [0.05, 0.1) is 25.9 Å². The number of ether oxygens (including phenoxy) is 1. The van der Waals surface area contributed by atoms with Gasteiger partial charge in [-0.15, -0.1) is 0 Å².